The Hall–Kier alpha value is -4.43. The number of hydrogen-bond acceptors (Lipinski definition) is 8. The van der Waals surface area contributed by atoms with Crippen LogP contribution in [0, 0.1) is 31.6 Å². The van der Waals surface area contributed by atoms with Crippen molar-refractivity contribution < 1.29 is 45.4 Å². The average Bonchev–Trinajstić information content (AvgIpc) is 4.01. The molecule has 3 atom stereocenters. The van der Waals surface area contributed by atoms with E-state index >= 15 is 0 Å². The van der Waals surface area contributed by atoms with Gasteiger partial charge in [0.2, 0.25) is 0 Å². The number of carbonyl (C=O) groups is 2. The zero-order chi connectivity index (χ0) is 42.9. The van der Waals surface area contributed by atoms with Gasteiger partial charge >= 0.3 is 18.4 Å². The summed E-state index contributed by atoms with van der Waals surface area (Å²) in [5.41, 5.74) is -1.10. The van der Waals surface area contributed by atoms with Crippen molar-refractivity contribution in [3.05, 3.63) is 87.5 Å². The molecule has 2 amide bonds. The van der Waals surface area contributed by atoms with Crippen LogP contribution in [0.25, 0.3) is 0 Å². The molecule has 59 heavy (non-hydrogen) atoms. The van der Waals surface area contributed by atoms with Crippen LogP contribution < -0.4 is 5.32 Å². The van der Waals surface area contributed by atoms with Gasteiger partial charge < -0.3 is 14.4 Å². The number of anilines is 1. The zero-order valence-corrected chi connectivity index (χ0v) is 34.2. The van der Waals surface area contributed by atoms with Gasteiger partial charge in [-0.15, -0.1) is 0 Å². The van der Waals surface area contributed by atoms with E-state index in [1.807, 2.05) is 18.7 Å². The summed E-state index contributed by atoms with van der Waals surface area (Å²) < 4.78 is 90.1. The third kappa shape index (κ3) is 9.64. The Morgan fingerprint density at radius 3 is 2.22 bits per heavy atom. The molecule has 4 aliphatic rings. The van der Waals surface area contributed by atoms with Gasteiger partial charge in [0.05, 0.1) is 40.9 Å². The Morgan fingerprint density at radius 1 is 1.02 bits per heavy atom. The lowest BCUT2D eigenvalue weighted by Crippen LogP contribution is -2.62. The van der Waals surface area contributed by atoms with Crippen molar-refractivity contribution in [1.29, 1.82) is 0 Å². The highest BCUT2D eigenvalue weighted by Gasteiger charge is 2.62. The predicted molar refractivity (Wildman–Crippen MR) is 209 cm³/mol. The number of carbonyl (C=O) groups excluding carboxylic acids is 2. The maximum Gasteiger partial charge on any atom is 0.445 e. The summed E-state index contributed by atoms with van der Waals surface area (Å²) in [6.07, 6.45) is -5.65. The summed E-state index contributed by atoms with van der Waals surface area (Å²) in [4.78, 5) is 39.9. The molecular formula is C42H47ClF6N6O4. The first kappa shape index (κ1) is 44.1. The number of halogens is 7. The number of piperazine rings is 1. The number of benzene rings is 2. The zero-order valence-electron chi connectivity index (χ0n) is 33.4. The standard InChI is InChI=1S/C28H38F3N5O2.C14H9ClF3NO2/c1-19-16-35(14-15-36(19)24(17-38-5)22-6-8-23(9-7-22)28(29,30)31)27(4)10-12-34(13-11-27)26(37)25-20(2)32-18-33-21(25)3;15-9-3-4-11-10(7-9)13(14(16,17)18,21-12(20)19-11)6-5-8-1-2-8/h6-9,18-19,24H,10-17H2,1-5H3;3-4,7-8H,1-2H2,(H,19,20)/t19-,24-;13-/m00/s1. The number of alkyl halides is 6. The fourth-order valence-electron chi connectivity index (χ4n) is 7.98. The minimum Gasteiger partial charge on any atom is -0.415 e. The van der Waals surface area contributed by atoms with Gasteiger partial charge in [0, 0.05) is 67.9 Å². The van der Waals surface area contributed by atoms with E-state index in [9.17, 15) is 35.9 Å². The van der Waals surface area contributed by atoms with Crippen LogP contribution in [-0.2, 0) is 21.3 Å². The van der Waals surface area contributed by atoms with E-state index in [0.717, 1.165) is 69.1 Å². The molecule has 2 aromatic carbocycles. The maximum absolute atomic E-state index is 13.6. The molecule has 1 aromatic heterocycles. The molecule has 2 saturated heterocycles. The van der Waals surface area contributed by atoms with Crippen LogP contribution >= 0.6 is 11.6 Å². The number of nitrogens with one attached hydrogen (secondary N) is 1. The molecule has 3 aliphatic heterocycles. The number of aryl methyl sites for hydroxylation is 2. The largest absolute Gasteiger partial charge is 0.445 e. The molecule has 1 saturated carbocycles. The Morgan fingerprint density at radius 2 is 1.66 bits per heavy atom. The number of methoxy groups -OCH3 is 1. The minimum atomic E-state index is -4.87. The summed E-state index contributed by atoms with van der Waals surface area (Å²) in [6.45, 7) is 12.4. The number of aromatic nitrogens is 2. The second-order valence-corrected chi connectivity index (χ2v) is 16.2. The lowest BCUT2D eigenvalue weighted by Gasteiger charge is -2.52. The first-order valence-electron chi connectivity index (χ1n) is 19.4. The first-order valence-corrected chi connectivity index (χ1v) is 19.8. The number of piperidine rings is 1. The van der Waals surface area contributed by atoms with Crippen LogP contribution in [0.2, 0.25) is 5.02 Å². The van der Waals surface area contributed by atoms with Gasteiger partial charge in [-0.25, -0.2) is 14.8 Å². The highest BCUT2D eigenvalue weighted by Crippen LogP contribution is 2.48. The van der Waals surface area contributed by atoms with E-state index in [2.05, 4.69) is 55.5 Å². The van der Waals surface area contributed by atoms with Gasteiger partial charge in [0.25, 0.3) is 11.5 Å². The van der Waals surface area contributed by atoms with E-state index in [-0.39, 0.29) is 45.7 Å². The Balaban J connectivity index is 0.000000234. The Bertz CT molecular complexity index is 2060. The fraction of sp³-hybridized carbons (Fsp3) is 0.524. The second kappa shape index (κ2) is 17.3. The SMILES string of the molecule is COC[C@@H](c1ccc(C(F)(F)F)cc1)N1CCN(C2(C)CCN(C(=O)c3c(C)ncnc3C)CC2)C[C@@H]1C.O=C1Nc2ccc(Cl)cc2[C@@](C#CC2CC2)(C(F)(F)F)O1. The molecule has 318 valence electrons. The van der Waals surface area contributed by atoms with Gasteiger partial charge in [-0.1, -0.05) is 29.7 Å². The van der Waals surface area contributed by atoms with Crippen LogP contribution in [-0.4, -0.2) is 101 Å². The third-order valence-corrected chi connectivity index (χ3v) is 11.9. The highest BCUT2D eigenvalue weighted by molar-refractivity contribution is 6.30. The van der Waals surface area contributed by atoms with E-state index in [4.69, 9.17) is 16.3 Å². The summed E-state index contributed by atoms with van der Waals surface area (Å²) >= 11 is 5.78. The van der Waals surface area contributed by atoms with Crippen LogP contribution in [0.5, 0.6) is 0 Å². The maximum atomic E-state index is 13.6. The van der Waals surface area contributed by atoms with Gasteiger partial charge in [-0.3, -0.25) is 19.9 Å². The number of fused-ring (bicyclic) bond motifs is 1. The molecular weight excluding hydrogens is 802 g/mol. The van der Waals surface area contributed by atoms with Crippen molar-refractivity contribution in [3.8, 4) is 11.8 Å². The van der Waals surface area contributed by atoms with Gasteiger partial charge in [0.15, 0.2) is 0 Å². The molecule has 0 bridgehead atoms. The average molecular weight is 849 g/mol. The van der Waals surface area contributed by atoms with E-state index in [1.165, 1.54) is 18.5 Å². The van der Waals surface area contributed by atoms with Gasteiger partial charge in [0.1, 0.15) is 6.33 Å². The molecule has 0 radical (unpaired) electrons. The van der Waals surface area contributed by atoms with Crippen molar-refractivity contribution >= 4 is 29.3 Å². The van der Waals surface area contributed by atoms with E-state index in [0.29, 0.717) is 36.6 Å². The number of hydrogen-bond donors (Lipinski definition) is 1. The number of ether oxygens (including phenoxy) is 2. The monoisotopic (exact) mass is 848 g/mol. The highest BCUT2D eigenvalue weighted by atomic mass is 35.5. The van der Waals surface area contributed by atoms with Crippen molar-refractivity contribution in [3.63, 3.8) is 0 Å². The Kier molecular flexibility index (Phi) is 12.9. The minimum absolute atomic E-state index is 0.000198. The molecule has 3 aromatic rings. The number of nitrogens with zero attached hydrogens (tertiary/aromatic N) is 5. The van der Waals surface area contributed by atoms with E-state index < -0.39 is 29.6 Å². The first-order chi connectivity index (χ1) is 27.8. The smallest absolute Gasteiger partial charge is 0.415 e. The second-order valence-electron chi connectivity index (χ2n) is 15.8. The number of likely N-dealkylation sites (tertiary alicyclic amines) is 1. The lowest BCUT2D eigenvalue weighted by molar-refractivity contribution is -0.239. The van der Waals surface area contributed by atoms with Gasteiger partial charge in [-0.05, 0) is 95.2 Å². The van der Waals surface area contributed by atoms with Gasteiger partial charge in [-0.2, -0.15) is 26.3 Å². The Labute approximate surface area is 344 Å². The number of rotatable bonds is 6. The number of amides is 2. The van der Waals surface area contributed by atoms with Crippen molar-refractivity contribution in [1.82, 2.24) is 24.7 Å². The quantitative estimate of drug-likeness (QED) is 0.195. The molecule has 7 rings (SSSR count). The van der Waals surface area contributed by atoms with Crippen molar-refractivity contribution in [2.45, 2.75) is 89.0 Å². The molecule has 1 N–H and O–H groups in total. The van der Waals surface area contributed by atoms with Crippen LogP contribution in [0.1, 0.15) is 84.0 Å². The fourth-order valence-corrected chi connectivity index (χ4v) is 8.15. The van der Waals surface area contributed by atoms with Crippen LogP contribution in [0.3, 0.4) is 0 Å². The van der Waals surface area contributed by atoms with E-state index in [1.54, 1.807) is 19.2 Å². The summed E-state index contributed by atoms with van der Waals surface area (Å²) in [6, 6.07) is 9.33. The number of cyclic esters (lactones) is 1. The topological polar surface area (TPSA) is 100 Å². The molecule has 0 unspecified atom stereocenters. The van der Waals surface area contributed by atoms with Crippen LogP contribution in [0.4, 0.5) is 36.8 Å². The van der Waals surface area contributed by atoms with Crippen molar-refractivity contribution in [2.75, 3.05) is 51.8 Å². The van der Waals surface area contributed by atoms with Crippen molar-refractivity contribution in [2.24, 2.45) is 5.92 Å². The summed E-state index contributed by atoms with van der Waals surface area (Å²) in [5, 5.41) is 2.34. The molecule has 4 heterocycles. The molecule has 17 heteroatoms. The summed E-state index contributed by atoms with van der Waals surface area (Å²) in [5.74, 6) is 4.60. The third-order valence-electron chi connectivity index (χ3n) is 11.6. The lowest BCUT2D eigenvalue weighted by atomic mass is 9.86. The summed E-state index contributed by atoms with van der Waals surface area (Å²) in [7, 11) is 1.62. The molecule has 1 aliphatic carbocycles. The normalized spacial score (nSPS) is 22.7. The predicted octanol–water partition coefficient (Wildman–Crippen LogP) is 8.57. The van der Waals surface area contributed by atoms with Crippen LogP contribution in [0.15, 0.2) is 48.8 Å². The molecule has 10 nitrogen and oxygen atoms in total. The molecule has 3 fully saturated rings. The molecule has 0 spiro atoms.